The van der Waals surface area contributed by atoms with Crippen LogP contribution in [0.1, 0.15) is 12.0 Å². The van der Waals surface area contributed by atoms with Crippen molar-refractivity contribution in [2.75, 3.05) is 44.7 Å². The average Bonchev–Trinajstić information content (AvgIpc) is 3.08. The largest absolute Gasteiger partial charge is 0.497 e. The molecular weight excluding hydrogens is 411 g/mol. The number of hydrogen-bond acceptors (Lipinski definition) is 5. The molecule has 1 aromatic heterocycles. The second kappa shape index (κ2) is 8.66. The molecule has 0 atom stereocenters. The van der Waals surface area contributed by atoms with Gasteiger partial charge in [-0.1, -0.05) is 0 Å². The molecule has 0 N–H and O–H groups in total. The Bertz CT molecular complexity index is 1080. The summed E-state index contributed by atoms with van der Waals surface area (Å²) in [6.45, 7) is 4.49. The fourth-order valence-electron chi connectivity index (χ4n) is 3.92. The molecule has 9 heteroatoms. The van der Waals surface area contributed by atoms with Crippen molar-refractivity contribution in [2.24, 2.45) is 0 Å². The van der Waals surface area contributed by atoms with E-state index in [4.69, 9.17) is 9.15 Å². The molecule has 166 valence electrons. The number of fused-ring (bicyclic) bond motifs is 1. The smallest absolute Gasteiger partial charge is 0.419 e. The van der Waals surface area contributed by atoms with E-state index in [9.17, 15) is 18.0 Å². The lowest BCUT2D eigenvalue weighted by Crippen LogP contribution is -2.46. The predicted octanol–water partition coefficient (Wildman–Crippen LogP) is 3.83. The molecule has 2 aromatic carbocycles. The van der Waals surface area contributed by atoms with Crippen molar-refractivity contribution in [2.45, 2.75) is 19.1 Å². The van der Waals surface area contributed by atoms with Crippen LogP contribution >= 0.6 is 0 Å². The summed E-state index contributed by atoms with van der Waals surface area (Å²) in [5.74, 6) is 0.289. The van der Waals surface area contributed by atoms with E-state index in [1.807, 2.05) is 0 Å². The molecule has 1 aliphatic heterocycles. The van der Waals surface area contributed by atoms with Crippen LogP contribution in [-0.4, -0.2) is 49.3 Å². The molecule has 0 saturated carbocycles. The number of anilines is 1. The van der Waals surface area contributed by atoms with Gasteiger partial charge < -0.3 is 14.1 Å². The van der Waals surface area contributed by atoms with Gasteiger partial charge in [-0.2, -0.15) is 13.2 Å². The molecule has 0 bridgehead atoms. The van der Waals surface area contributed by atoms with Gasteiger partial charge in [0.25, 0.3) is 0 Å². The summed E-state index contributed by atoms with van der Waals surface area (Å²) in [5, 5.41) is 0. The lowest BCUT2D eigenvalue weighted by Gasteiger charge is -2.36. The summed E-state index contributed by atoms with van der Waals surface area (Å²) in [6, 6.07) is 10.6. The van der Waals surface area contributed by atoms with Crippen LogP contribution < -0.4 is 15.4 Å². The van der Waals surface area contributed by atoms with Crippen molar-refractivity contribution in [1.82, 2.24) is 9.47 Å². The Morgan fingerprint density at radius 1 is 1.00 bits per heavy atom. The molecule has 1 aliphatic rings. The molecule has 0 aliphatic carbocycles. The predicted molar refractivity (Wildman–Crippen MR) is 112 cm³/mol. The first-order valence-electron chi connectivity index (χ1n) is 10.2. The van der Waals surface area contributed by atoms with E-state index in [-0.39, 0.29) is 5.76 Å². The van der Waals surface area contributed by atoms with Gasteiger partial charge in [0.1, 0.15) is 5.75 Å². The highest BCUT2D eigenvalue weighted by molar-refractivity contribution is 5.74. The van der Waals surface area contributed by atoms with Crippen LogP contribution in [0.25, 0.3) is 11.1 Å². The number of halogens is 3. The third-order valence-corrected chi connectivity index (χ3v) is 5.66. The van der Waals surface area contributed by atoms with Gasteiger partial charge in [-0.15, -0.1) is 0 Å². The standard InChI is InChI=1S/C22H24F3N3O3/c1-30-18-7-8-20-19(15-18)28(21(29)31-20)10-2-9-26-11-13-27(14-12-26)17-5-3-16(4-6-17)22(23,24)25/h3-8,15H,2,9-14H2,1H3. The Labute approximate surface area is 177 Å². The van der Waals surface area contributed by atoms with E-state index in [0.717, 1.165) is 62.5 Å². The quantitative estimate of drug-likeness (QED) is 0.589. The third kappa shape index (κ3) is 4.71. The van der Waals surface area contributed by atoms with E-state index in [2.05, 4.69) is 9.80 Å². The van der Waals surface area contributed by atoms with E-state index in [1.54, 1.807) is 29.9 Å². The number of ether oxygens (including phenoxy) is 1. The lowest BCUT2D eigenvalue weighted by molar-refractivity contribution is -0.137. The summed E-state index contributed by atoms with van der Waals surface area (Å²) < 4.78 is 50.3. The molecular formula is C22H24F3N3O3. The van der Waals surface area contributed by atoms with E-state index >= 15 is 0 Å². The molecule has 0 radical (unpaired) electrons. The fraction of sp³-hybridized carbons (Fsp3) is 0.409. The zero-order valence-corrected chi connectivity index (χ0v) is 17.2. The molecule has 4 rings (SSSR count). The summed E-state index contributed by atoms with van der Waals surface area (Å²) >= 11 is 0. The molecule has 0 unspecified atom stereocenters. The lowest BCUT2D eigenvalue weighted by atomic mass is 10.1. The highest BCUT2D eigenvalue weighted by Gasteiger charge is 2.30. The van der Waals surface area contributed by atoms with Crippen LogP contribution in [0.4, 0.5) is 18.9 Å². The summed E-state index contributed by atoms with van der Waals surface area (Å²) in [7, 11) is 1.58. The van der Waals surface area contributed by atoms with Crippen molar-refractivity contribution in [3.05, 3.63) is 58.6 Å². The molecule has 6 nitrogen and oxygen atoms in total. The van der Waals surface area contributed by atoms with Crippen molar-refractivity contribution in [3.8, 4) is 5.75 Å². The number of piperazine rings is 1. The number of aryl methyl sites for hydroxylation is 1. The number of aromatic nitrogens is 1. The van der Waals surface area contributed by atoms with Crippen LogP contribution in [0.15, 0.2) is 51.7 Å². The summed E-state index contributed by atoms with van der Waals surface area (Å²) in [4.78, 5) is 16.6. The number of nitrogens with zero attached hydrogens (tertiary/aromatic N) is 3. The highest BCUT2D eigenvalue weighted by atomic mass is 19.4. The van der Waals surface area contributed by atoms with Gasteiger partial charge in [0.15, 0.2) is 5.58 Å². The SMILES string of the molecule is COc1ccc2oc(=O)n(CCCN3CCN(c4ccc(C(F)(F)F)cc4)CC3)c2c1. The number of alkyl halides is 3. The average molecular weight is 435 g/mol. The first-order valence-corrected chi connectivity index (χ1v) is 10.2. The van der Waals surface area contributed by atoms with Gasteiger partial charge in [-0.3, -0.25) is 9.47 Å². The molecule has 2 heterocycles. The van der Waals surface area contributed by atoms with Gasteiger partial charge in [-0.25, -0.2) is 4.79 Å². The van der Waals surface area contributed by atoms with Crippen molar-refractivity contribution in [3.63, 3.8) is 0 Å². The molecule has 0 spiro atoms. The molecule has 3 aromatic rings. The Morgan fingerprint density at radius 3 is 2.35 bits per heavy atom. The van der Waals surface area contributed by atoms with Gasteiger partial charge in [0, 0.05) is 44.5 Å². The van der Waals surface area contributed by atoms with E-state index in [1.165, 1.54) is 12.1 Å². The number of rotatable bonds is 6. The second-order valence-electron chi connectivity index (χ2n) is 7.58. The number of oxazole rings is 1. The highest BCUT2D eigenvalue weighted by Crippen LogP contribution is 2.30. The van der Waals surface area contributed by atoms with Crippen LogP contribution in [0.5, 0.6) is 5.75 Å². The van der Waals surface area contributed by atoms with Crippen molar-refractivity contribution < 1.29 is 22.3 Å². The Morgan fingerprint density at radius 2 is 1.71 bits per heavy atom. The van der Waals surface area contributed by atoms with Gasteiger partial charge in [0.05, 0.1) is 18.2 Å². The molecule has 31 heavy (non-hydrogen) atoms. The first kappa shape index (κ1) is 21.3. The maximum atomic E-state index is 12.7. The van der Waals surface area contributed by atoms with E-state index in [0.29, 0.717) is 17.9 Å². The minimum absolute atomic E-state index is 0.379. The summed E-state index contributed by atoms with van der Waals surface area (Å²) in [5.41, 5.74) is 1.43. The van der Waals surface area contributed by atoms with Crippen molar-refractivity contribution in [1.29, 1.82) is 0 Å². The Hall–Kier alpha value is -2.94. The maximum Gasteiger partial charge on any atom is 0.419 e. The van der Waals surface area contributed by atoms with Crippen LogP contribution in [0.2, 0.25) is 0 Å². The van der Waals surface area contributed by atoms with Gasteiger partial charge in [0.2, 0.25) is 0 Å². The molecule has 1 fully saturated rings. The number of benzene rings is 2. The summed E-state index contributed by atoms with van der Waals surface area (Å²) in [6.07, 6.45) is -3.53. The maximum absolute atomic E-state index is 12.7. The van der Waals surface area contributed by atoms with E-state index < -0.39 is 11.7 Å². The first-order chi connectivity index (χ1) is 14.8. The van der Waals surface area contributed by atoms with Gasteiger partial charge >= 0.3 is 11.9 Å². The van der Waals surface area contributed by atoms with Crippen LogP contribution in [0, 0.1) is 0 Å². The van der Waals surface area contributed by atoms with Crippen molar-refractivity contribution >= 4 is 16.8 Å². The fourth-order valence-corrected chi connectivity index (χ4v) is 3.92. The topological polar surface area (TPSA) is 50.9 Å². The minimum Gasteiger partial charge on any atom is -0.497 e. The number of hydrogen-bond donors (Lipinski definition) is 0. The Balaban J connectivity index is 1.30. The molecule has 0 amide bonds. The molecule has 1 saturated heterocycles. The van der Waals surface area contributed by atoms with Crippen LogP contribution in [-0.2, 0) is 12.7 Å². The zero-order chi connectivity index (χ0) is 22.0. The minimum atomic E-state index is -4.31. The third-order valence-electron chi connectivity index (χ3n) is 5.66. The monoisotopic (exact) mass is 435 g/mol. The second-order valence-corrected chi connectivity index (χ2v) is 7.58. The zero-order valence-electron chi connectivity index (χ0n) is 17.2. The van der Waals surface area contributed by atoms with Crippen LogP contribution in [0.3, 0.4) is 0 Å². The van der Waals surface area contributed by atoms with Gasteiger partial charge in [-0.05, 0) is 49.4 Å². The Kier molecular flexibility index (Phi) is 5.95. The number of methoxy groups -OCH3 is 1. The normalized spacial score (nSPS) is 15.5.